The Morgan fingerprint density at radius 1 is 1.24 bits per heavy atom. The molecule has 0 spiro atoms. The zero-order chi connectivity index (χ0) is 17.0. The molecule has 0 radical (unpaired) electrons. The Morgan fingerprint density at radius 2 is 2.08 bits per heavy atom. The minimum absolute atomic E-state index is 0.314. The fourth-order valence-electron chi connectivity index (χ4n) is 4.18. The fraction of sp³-hybridized carbons (Fsp3) is 0.412. The molecular formula is C17H18ClN7. The molecule has 3 aromatic heterocycles. The van der Waals surface area contributed by atoms with Gasteiger partial charge < -0.3 is 14.8 Å². The van der Waals surface area contributed by atoms with Gasteiger partial charge in [-0.15, -0.1) is 0 Å². The lowest BCUT2D eigenvalue weighted by atomic mass is 10.2. The summed E-state index contributed by atoms with van der Waals surface area (Å²) in [6.07, 6.45) is 5.25. The number of piperidine rings is 1. The van der Waals surface area contributed by atoms with E-state index in [0.717, 1.165) is 54.1 Å². The van der Waals surface area contributed by atoms with Crippen molar-refractivity contribution in [2.75, 3.05) is 36.5 Å². The van der Waals surface area contributed by atoms with Crippen LogP contribution in [0.15, 0.2) is 30.9 Å². The van der Waals surface area contributed by atoms with Gasteiger partial charge in [-0.1, -0.05) is 0 Å². The largest absolute Gasteiger partial charge is 0.359 e. The quantitative estimate of drug-likeness (QED) is 0.723. The number of H-pyrrole nitrogens is 1. The molecule has 5 rings (SSSR count). The van der Waals surface area contributed by atoms with Gasteiger partial charge in [0, 0.05) is 39.1 Å². The van der Waals surface area contributed by atoms with Crippen molar-refractivity contribution >= 4 is 34.3 Å². The molecule has 0 amide bonds. The molecule has 7 nitrogen and oxygen atoms in total. The van der Waals surface area contributed by atoms with Crippen molar-refractivity contribution in [3.63, 3.8) is 0 Å². The average Bonchev–Trinajstić information content (AvgIpc) is 3.02. The summed E-state index contributed by atoms with van der Waals surface area (Å²) in [6.45, 7) is 3.10. The molecule has 3 atom stereocenters. The Balaban J connectivity index is 1.26. The smallest absolute Gasteiger partial charge is 0.224 e. The van der Waals surface area contributed by atoms with E-state index in [9.17, 15) is 0 Å². The van der Waals surface area contributed by atoms with Gasteiger partial charge in [0.1, 0.15) is 23.6 Å². The second kappa shape index (κ2) is 5.56. The number of nitrogens with zero attached hydrogens (tertiary/aromatic N) is 6. The zero-order valence-electron chi connectivity index (χ0n) is 13.8. The summed E-state index contributed by atoms with van der Waals surface area (Å²) in [7, 11) is 2.12. The van der Waals surface area contributed by atoms with Crippen molar-refractivity contribution < 1.29 is 0 Å². The van der Waals surface area contributed by atoms with E-state index in [0.29, 0.717) is 11.2 Å². The number of aromatic amines is 1. The molecule has 4 heterocycles. The topological polar surface area (TPSA) is 73.8 Å². The highest BCUT2D eigenvalue weighted by Crippen LogP contribution is 2.52. The van der Waals surface area contributed by atoms with Gasteiger partial charge in [-0.25, -0.2) is 19.9 Å². The van der Waals surface area contributed by atoms with E-state index < -0.39 is 0 Å². The highest BCUT2D eigenvalue weighted by Gasteiger charge is 2.56. The first-order chi connectivity index (χ1) is 12.2. The molecule has 25 heavy (non-hydrogen) atoms. The van der Waals surface area contributed by atoms with E-state index in [1.54, 1.807) is 12.5 Å². The molecule has 1 aliphatic heterocycles. The molecule has 1 saturated heterocycles. The fourth-order valence-corrected chi connectivity index (χ4v) is 4.32. The number of halogens is 1. The Labute approximate surface area is 150 Å². The van der Waals surface area contributed by atoms with Gasteiger partial charge in [-0.2, -0.15) is 0 Å². The normalized spacial score (nSPS) is 24.6. The maximum Gasteiger partial charge on any atom is 0.224 e. The second-order valence-corrected chi connectivity index (χ2v) is 7.24. The van der Waals surface area contributed by atoms with Crippen molar-refractivity contribution in [2.45, 2.75) is 0 Å². The zero-order valence-corrected chi connectivity index (χ0v) is 14.6. The minimum Gasteiger partial charge on any atom is -0.359 e. The summed E-state index contributed by atoms with van der Waals surface area (Å²) in [4.78, 5) is 24.7. The molecule has 1 saturated carbocycles. The van der Waals surface area contributed by atoms with Crippen LogP contribution in [0.2, 0.25) is 5.28 Å². The van der Waals surface area contributed by atoms with Crippen LogP contribution in [0.25, 0.3) is 11.0 Å². The first-order valence-corrected chi connectivity index (χ1v) is 8.81. The van der Waals surface area contributed by atoms with Gasteiger partial charge in [0.05, 0.1) is 5.39 Å². The van der Waals surface area contributed by atoms with Crippen LogP contribution in [0, 0.1) is 17.8 Å². The molecule has 128 valence electrons. The monoisotopic (exact) mass is 355 g/mol. The lowest BCUT2D eigenvalue weighted by molar-refractivity contribution is 0.625. The lowest BCUT2D eigenvalue weighted by Crippen LogP contribution is -2.29. The van der Waals surface area contributed by atoms with Crippen molar-refractivity contribution in [3.05, 3.63) is 36.1 Å². The van der Waals surface area contributed by atoms with E-state index >= 15 is 0 Å². The number of hydrogen-bond acceptors (Lipinski definition) is 6. The summed E-state index contributed by atoms with van der Waals surface area (Å²) in [5, 5.41) is 1.39. The molecule has 0 aromatic carbocycles. The third kappa shape index (κ3) is 2.50. The third-order valence-electron chi connectivity index (χ3n) is 5.49. The van der Waals surface area contributed by atoms with E-state index in [4.69, 9.17) is 11.6 Å². The average molecular weight is 356 g/mol. The highest BCUT2D eigenvalue weighted by atomic mass is 35.5. The molecule has 2 aliphatic rings. The van der Waals surface area contributed by atoms with E-state index in [1.165, 1.54) is 0 Å². The molecule has 1 aliphatic carbocycles. The SMILES string of the molecule is CN(C[C@H]1[C@H]2CN(c3ccnc(Cl)n3)C[C@@H]12)c1ncnc2[nH]ccc12. The highest BCUT2D eigenvalue weighted by molar-refractivity contribution is 6.28. The standard InChI is InChI=1S/C17H18ClN7/c1-24(16-10-2-4-19-15(10)21-9-22-16)6-11-12-7-25(8-13(11)12)14-3-5-20-17(18)23-14/h2-5,9,11-13H,6-8H2,1H3,(H,19,21,22)/t11-,12+,13-. The van der Waals surface area contributed by atoms with Crippen LogP contribution in [0.1, 0.15) is 0 Å². The molecule has 0 unspecified atom stereocenters. The number of anilines is 2. The van der Waals surface area contributed by atoms with Gasteiger partial charge in [0.25, 0.3) is 0 Å². The molecular weight excluding hydrogens is 338 g/mol. The predicted octanol–water partition coefficient (Wildman–Crippen LogP) is 2.22. The third-order valence-corrected chi connectivity index (χ3v) is 5.67. The Hall–Kier alpha value is -2.41. The number of rotatable bonds is 4. The Kier molecular flexibility index (Phi) is 3.31. The van der Waals surface area contributed by atoms with Gasteiger partial charge in [-0.05, 0) is 41.5 Å². The van der Waals surface area contributed by atoms with Crippen molar-refractivity contribution in [1.29, 1.82) is 0 Å². The van der Waals surface area contributed by atoms with Crippen LogP contribution in [0.4, 0.5) is 11.6 Å². The first kappa shape index (κ1) is 14.9. The molecule has 8 heteroatoms. The van der Waals surface area contributed by atoms with Crippen LogP contribution < -0.4 is 9.80 Å². The molecule has 2 fully saturated rings. The molecule has 0 bridgehead atoms. The maximum absolute atomic E-state index is 5.90. The summed E-state index contributed by atoms with van der Waals surface area (Å²) in [5.41, 5.74) is 0.889. The second-order valence-electron chi connectivity index (χ2n) is 6.90. The number of aromatic nitrogens is 5. The lowest BCUT2D eigenvalue weighted by Gasteiger charge is -2.23. The van der Waals surface area contributed by atoms with Crippen LogP contribution in [0.5, 0.6) is 0 Å². The molecule has 1 N–H and O–H groups in total. The number of hydrogen-bond donors (Lipinski definition) is 1. The Morgan fingerprint density at radius 3 is 2.88 bits per heavy atom. The minimum atomic E-state index is 0.314. The van der Waals surface area contributed by atoms with Crippen molar-refractivity contribution in [1.82, 2.24) is 24.9 Å². The van der Waals surface area contributed by atoms with E-state index in [2.05, 4.69) is 41.8 Å². The van der Waals surface area contributed by atoms with Gasteiger partial charge >= 0.3 is 0 Å². The maximum atomic E-state index is 5.90. The number of nitrogens with one attached hydrogen (secondary N) is 1. The van der Waals surface area contributed by atoms with Gasteiger partial charge in [-0.3, -0.25) is 0 Å². The van der Waals surface area contributed by atoms with Gasteiger partial charge in [0.2, 0.25) is 5.28 Å². The summed E-state index contributed by atoms with van der Waals surface area (Å²) >= 11 is 5.90. The van der Waals surface area contributed by atoms with Crippen molar-refractivity contribution in [3.8, 4) is 0 Å². The first-order valence-electron chi connectivity index (χ1n) is 8.43. The predicted molar refractivity (Wildman–Crippen MR) is 96.9 cm³/mol. The van der Waals surface area contributed by atoms with Crippen LogP contribution in [0.3, 0.4) is 0 Å². The van der Waals surface area contributed by atoms with E-state index in [-0.39, 0.29) is 0 Å². The number of fused-ring (bicyclic) bond motifs is 2. The van der Waals surface area contributed by atoms with Crippen LogP contribution >= 0.6 is 11.6 Å². The van der Waals surface area contributed by atoms with Crippen LogP contribution in [-0.2, 0) is 0 Å². The summed E-state index contributed by atoms with van der Waals surface area (Å²) in [5.74, 6) is 4.09. The van der Waals surface area contributed by atoms with E-state index in [1.807, 2.05) is 18.3 Å². The summed E-state index contributed by atoms with van der Waals surface area (Å²) < 4.78 is 0. The molecule has 3 aromatic rings. The van der Waals surface area contributed by atoms with Crippen LogP contribution in [-0.4, -0.2) is 51.6 Å². The van der Waals surface area contributed by atoms with Crippen molar-refractivity contribution in [2.24, 2.45) is 17.8 Å². The Bertz CT molecular complexity index is 914. The summed E-state index contributed by atoms with van der Waals surface area (Å²) in [6, 6.07) is 3.97. The van der Waals surface area contributed by atoms with Gasteiger partial charge in [0.15, 0.2) is 0 Å².